The first-order valence-corrected chi connectivity index (χ1v) is 4.83. The molecule has 0 aliphatic heterocycles. The molecule has 0 spiro atoms. The fourth-order valence-electron chi connectivity index (χ4n) is 1.01. The second-order valence-electron chi connectivity index (χ2n) is 3.05. The van der Waals surface area contributed by atoms with Gasteiger partial charge in [0, 0.05) is 7.11 Å². The lowest BCUT2D eigenvalue weighted by molar-refractivity contribution is 0.0249. The molecule has 0 radical (unpaired) electrons. The topological polar surface area (TPSA) is 121 Å². The number of ether oxygens (including phenoxy) is 1. The first-order valence-electron chi connectivity index (χ1n) is 4.83. The van der Waals surface area contributed by atoms with Gasteiger partial charge in [0.15, 0.2) is 0 Å². The van der Waals surface area contributed by atoms with Crippen molar-refractivity contribution in [1.82, 2.24) is 15.0 Å². The maximum atomic E-state index is 5.38. The molecule has 1 aromatic heterocycles. The predicted octanol–water partition coefficient (Wildman–Crippen LogP) is -0.195. The highest BCUT2D eigenvalue weighted by molar-refractivity contribution is 5.35. The van der Waals surface area contributed by atoms with Crippen LogP contribution in [0.5, 0.6) is 0 Å². The summed E-state index contributed by atoms with van der Waals surface area (Å²) in [5, 5.41) is 0. The van der Waals surface area contributed by atoms with Crippen LogP contribution in [0, 0.1) is 0 Å². The fourth-order valence-corrected chi connectivity index (χ4v) is 1.01. The van der Waals surface area contributed by atoms with Gasteiger partial charge in [-0.2, -0.15) is 15.0 Å². The zero-order chi connectivity index (χ0) is 12.0. The highest BCUT2D eigenvalue weighted by Crippen LogP contribution is 2.04. The molecular weight excluding hydrogens is 212 g/mol. The Hall–Kier alpha value is -1.67. The highest BCUT2D eigenvalue weighted by atomic mass is 16.7. The van der Waals surface area contributed by atoms with Crippen molar-refractivity contribution in [1.29, 1.82) is 0 Å². The van der Waals surface area contributed by atoms with Crippen molar-refractivity contribution in [3.8, 4) is 0 Å². The van der Waals surface area contributed by atoms with E-state index < -0.39 is 0 Å². The summed E-state index contributed by atoms with van der Waals surface area (Å²) >= 11 is 0. The maximum absolute atomic E-state index is 5.38. The number of hydrogen-bond donors (Lipinski definition) is 3. The number of aromatic nitrogens is 3. The Morgan fingerprint density at radius 2 is 1.88 bits per heavy atom. The fraction of sp³-hybridized carbons (Fsp3) is 0.625. The molecule has 5 N–H and O–H groups in total. The third-order valence-corrected chi connectivity index (χ3v) is 1.89. The van der Waals surface area contributed by atoms with Gasteiger partial charge in [0.2, 0.25) is 11.9 Å². The third kappa shape index (κ3) is 3.83. The highest BCUT2D eigenvalue weighted by Gasteiger charge is 2.05. The normalized spacial score (nSPS) is 12.4. The lowest BCUT2D eigenvalue weighted by atomic mass is 10.3. The maximum Gasteiger partial charge on any atom is 0.253 e. The summed E-state index contributed by atoms with van der Waals surface area (Å²) in [4.78, 5) is 16.3. The van der Waals surface area contributed by atoms with Gasteiger partial charge in [0.25, 0.3) is 5.95 Å². The van der Waals surface area contributed by atoms with Gasteiger partial charge in [-0.1, -0.05) is 6.92 Å². The first kappa shape index (κ1) is 12.4. The van der Waals surface area contributed by atoms with Crippen LogP contribution in [-0.4, -0.2) is 34.8 Å². The van der Waals surface area contributed by atoms with Crippen LogP contribution in [0.3, 0.4) is 0 Å². The minimum absolute atomic E-state index is 0.0176. The van der Waals surface area contributed by atoms with Crippen LogP contribution in [0.1, 0.15) is 13.3 Å². The third-order valence-electron chi connectivity index (χ3n) is 1.89. The number of rotatable bonds is 6. The molecule has 1 aromatic rings. The van der Waals surface area contributed by atoms with Gasteiger partial charge in [-0.05, 0) is 6.42 Å². The van der Waals surface area contributed by atoms with Crippen LogP contribution in [0.15, 0.2) is 0 Å². The van der Waals surface area contributed by atoms with Gasteiger partial charge in [0.1, 0.15) is 6.61 Å². The Morgan fingerprint density at radius 1 is 1.25 bits per heavy atom. The van der Waals surface area contributed by atoms with E-state index in [2.05, 4.69) is 20.4 Å². The molecule has 0 aromatic carbocycles. The molecule has 0 aliphatic carbocycles. The first-order chi connectivity index (χ1) is 7.65. The summed E-state index contributed by atoms with van der Waals surface area (Å²) in [7, 11) is 1.62. The molecule has 8 nitrogen and oxygen atoms in total. The monoisotopic (exact) mass is 228 g/mol. The summed E-state index contributed by atoms with van der Waals surface area (Å²) in [6.07, 6.45) is 0.865. The van der Waals surface area contributed by atoms with Gasteiger partial charge >= 0.3 is 0 Å². The summed E-state index contributed by atoms with van der Waals surface area (Å²) in [5.41, 5.74) is 13.3. The number of anilines is 3. The number of nitrogens with zero attached hydrogens (tertiary/aromatic N) is 3. The van der Waals surface area contributed by atoms with E-state index in [1.807, 2.05) is 6.92 Å². The smallest absolute Gasteiger partial charge is 0.253 e. The minimum atomic E-state index is 0.0176. The van der Waals surface area contributed by atoms with E-state index in [4.69, 9.17) is 21.0 Å². The molecule has 0 bridgehead atoms. The molecule has 16 heavy (non-hydrogen) atoms. The van der Waals surface area contributed by atoms with Gasteiger partial charge < -0.3 is 16.2 Å². The number of methoxy groups -OCH3 is 1. The van der Waals surface area contributed by atoms with Gasteiger partial charge in [-0.15, -0.1) is 0 Å². The van der Waals surface area contributed by atoms with Crippen LogP contribution in [0.4, 0.5) is 17.8 Å². The van der Waals surface area contributed by atoms with E-state index in [0.29, 0.717) is 6.61 Å². The van der Waals surface area contributed by atoms with E-state index in [-0.39, 0.29) is 23.9 Å². The molecule has 0 saturated heterocycles. The Labute approximate surface area is 93.3 Å². The molecule has 0 aliphatic rings. The average Bonchev–Trinajstić information content (AvgIpc) is 2.23. The van der Waals surface area contributed by atoms with Crippen LogP contribution in [0.25, 0.3) is 0 Å². The Bertz CT molecular complexity index is 310. The lowest BCUT2D eigenvalue weighted by Gasteiger charge is -2.13. The van der Waals surface area contributed by atoms with Crippen LogP contribution in [-0.2, 0) is 9.57 Å². The summed E-state index contributed by atoms with van der Waals surface area (Å²) in [6, 6.07) is 0. The quantitative estimate of drug-likeness (QED) is 0.572. The number of nitrogens with two attached hydrogens (primary N) is 2. The molecule has 1 rings (SSSR count). The molecule has 0 fully saturated rings. The van der Waals surface area contributed by atoms with E-state index in [9.17, 15) is 0 Å². The van der Waals surface area contributed by atoms with Gasteiger partial charge in [-0.3, -0.25) is 4.84 Å². The van der Waals surface area contributed by atoms with Crippen molar-refractivity contribution in [2.45, 2.75) is 19.4 Å². The Balaban J connectivity index is 2.42. The van der Waals surface area contributed by atoms with Gasteiger partial charge in [0.05, 0.1) is 6.10 Å². The van der Waals surface area contributed by atoms with E-state index in [1.165, 1.54) is 0 Å². The zero-order valence-corrected chi connectivity index (χ0v) is 9.30. The van der Waals surface area contributed by atoms with Crippen LogP contribution in [0.2, 0.25) is 0 Å². The van der Waals surface area contributed by atoms with E-state index in [1.54, 1.807) is 7.11 Å². The second kappa shape index (κ2) is 6.03. The molecule has 0 saturated carbocycles. The largest absolute Gasteiger partial charge is 0.379 e. The van der Waals surface area contributed by atoms with Crippen molar-refractivity contribution in [3.05, 3.63) is 0 Å². The lowest BCUT2D eigenvalue weighted by Crippen LogP contribution is -2.20. The van der Waals surface area contributed by atoms with Crippen molar-refractivity contribution in [2.24, 2.45) is 0 Å². The standard InChI is InChI=1S/C8H16N6O2/c1-3-5(15-2)4-16-14-8-12-6(9)11-7(10)13-8/h5H,3-4H2,1-2H3,(H5,9,10,11,12,13,14). The number of nitrogens with one attached hydrogen (secondary N) is 1. The number of hydrogen-bond acceptors (Lipinski definition) is 8. The van der Waals surface area contributed by atoms with Crippen molar-refractivity contribution in [2.75, 3.05) is 30.7 Å². The van der Waals surface area contributed by atoms with Crippen molar-refractivity contribution in [3.63, 3.8) is 0 Å². The molecule has 1 heterocycles. The number of nitrogen functional groups attached to an aromatic ring is 2. The zero-order valence-electron chi connectivity index (χ0n) is 9.30. The average molecular weight is 228 g/mol. The molecule has 8 heteroatoms. The SMILES string of the molecule is CCC(CONc1nc(N)nc(N)n1)OC. The van der Waals surface area contributed by atoms with Crippen LogP contribution < -0.4 is 16.9 Å². The summed E-state index contributed by atoms with van der Waals surface area (Å²) < 4.78 is 5.12. The molecule has 1 atom stereocenters. The minimum Gasteiger partial charge on any atom is -0.379 e. The summed E-state index contributed by atoms with van der Waals surface area (Å²) in [6.45, 7) is 2.37. The molecule has 1 unspecified atom stereocenters. The van der Waals surface area contributed by atoms with Crippen LogP contribution >= 0.6 is 0 Å². The molecule has 90 valence electrons. The van der Waals surface area contributed by atoms with E-state index >= 15 is 0 Å². The molecule has 0 amide bonds. The van der Waals surface area contributed by atoms with Crippen molar-refractivity contribution < 1.29 is 9.57 Å². The Morgan fingerprint density at radius 3 is 2.38 bits per heavy atom. The second-order valence-corrected chi connectivity index (χ2v) is 3.05. The van der Waals surface area contributed by atoms with E-state index in [0.717, 1.165) is 6.42 Å². The molecular formula is C8H16N6O2. The predicted molar refractivity (Wildman–Crippen MR) is 59.3 cm³/mol. The van der Waals surface area contributed by atoms with Crippen molar-refractivity contribution >= 4 is 17.8 Å². The Kier molecular flexibility index (Phi) is 4.67. The summed E-state index contributed by atoms with van der Waals surface area (Å²) in [5.74, 6) is 0.255. The van der Waals surface area contributed by atoms with Gasteiger partial charge in [-0.25, -0.2) is 5.48 Å².